The van der Waals surface area contributed by atoms with Crippen LogP contribution in [-0.2, 0) is 12.8 Å². The van der Waals surface area contributed by atoms with Gasteiger partial charge in [-0.3, -0.25) is 0 Å². The summed E-state index contributed by atoms with van der Waals surface area (Å²) in [6.07, 6.45) is 2.08. The molecule has 26 heavy (non-hydrogen) atoms. The van der Waals surface area contributed by atoms with Gasteiger partial charge in [0, 0.05) is 0 Å². The van der Waals surface area contributed by atoms with E-state index in [2.05, 4.69) is 66.7 Å². The molecule has 1 heteroatoms. The molecule has 0 spiro atoms. The van der Waals surface area contributed by atoms with E-state index in [0.29, 0.717) is 0 Å². The predicted octanol–water partition coefficient (Wildman–Crippen LogP) is 6.38. The van der Waals surface area contributed by atoms with Crippen LogP contribution in [0.2, 0.25) is 0 Å². The molecule has 0 radical (unpaired) electrons. The smallest absolute Gasteiger partial charge is 0.118 e. The molecule has 0 aliphatic rings. The summed E-state index contributed by atoms with van der Waals surface area (Å²) < 4.78 is 5.25. The maximum absolute atomic E-state index is 5.25. The van der Waals surface area contributed by atoms with E-state index < -0.39 is 0 Å². The fourth-order valence-corrected chi connectivity index (χ4v) is 4.08. The van der Waals surface area contributed by atoms with Crippen LogP contribution >= 0.6 is 0 Å². The number of benzene rings is 5. The second-order valence-corrected chi connectivity index (χ2v) is 6.93. The minimum Gasteiger partial charge on any atom is -0.497 e. The predicted molar refractivity (Wildman–Crippen MR) is 111 cm³/mol. The van der Waals surface area contributed by atoms with Gasteiger partial charge >= 0.3 is 0 Å². The minimum absolute atomic E-state index is 0.913. The lowest BCUT2D eigenvalue weighted by Crippen LogP contribution is -1.94. The highest BCUT2D eigenvalue weighted by Crippen LogP contribution is 2.36. The number of rotatable bonds is 4. The molecule has 1 nitrogen and oxygen atoms in total. The molecule has 5 aromatic carbocycles. The Morgan fingerprint density at radius 1 is 0.615 bits per heavy atom. The van der Waals surface area contributed by atoms with Gasteiger partial charge in [-0.25, -0.2) is 0 Å². The van der Waals surface area contributed by atoms with Crippen molar-refractivity contribution in [2.24, 2.45) is 0 Å². The third-order valence-corrected chi connectivity index (χ3v) is 5.46. The molecule has 0 saturated carbocycles. The van der Waals surface area contributed by atoms with Gasteiger partial charge in [0.15, 0.2) is 0 Å². The van der Waals surface area contributed by atoms with Crippen molar-refractivity contribution in [3.63, 3.8) is 0 Å². The highest BCUT2D eigenvalue weighted by Gasteiger charge is 2.10. The molecular formula is C25H20O. The van der Waals surface area contributed by atoms with Gasteiger partial charge in [-0.05, 0) is 68.4 Å². The van der Waals surface area contributed by atoms with E-state index in [9.17, 15) is 0 Å². The Hall–Kier alpha value is -3.06. The maximum Gasteiger partial charge on any atom is 0.118 e. The summed E-state index contributed by atoms with van der Waals surface area (Å²) in [7, 11) is 1.71. The Labute approximate surface area is 153 Å². The van der Waals surface area contributed by atoms with Gasteiger partial charge in [0.1, 0.15) is 5.75 Å². The Morgan fingerprint density at radius 2 is 1.27 bits per heavy atom. The summed E-state index contributed by atoms with van der Waals surface area (Å²) in [5, 5.41) is 8.18. The van der Waals surface area contributed by atoms with Gasteiger partial charge in [0.05, 0.1) is 7.11 Å². The van der Waals surface area contributed by atoms with Crippen LogP contribution in [-0.4, -0.2) is 7.11 Å². The molecule has 0 saturated heterocycles. The Morgan fingerprint density at radius 3 is 2.00 bits per heavy atom. The topological polar surface area (TPSA) is 9.23 Å². The van der Waals surface area contributed by atoms with E-state index in [-0.39, 0.29) is 0 Å². The summed E-state index contributed by atoms with van der Waals surface area (Å²) in [4.78, 5) is 0. The van der Waals surface area contributed by atoms with Gasteiger partial charge in [-0.1, -0.05) is 66.7 Å². The van der Waals surface area contributed by atoms with Gasteiger partial charge < -0.3 is 4.74 Å². The largest absolute Gasteiger partial charge is 0.497 e. The van der Waals surface area contributed by atoms with Crippen molar-refractivity contribution >= 4 is 32.3 Å². The van der Waals surface area contributed by atoms with E-state index in [1.165, 1.54) is 43.4 Å². The van der Waals surface area contributed by atoms with E-state index in [1.54, 1.807) is 7.11 Å². The zero-order valence-corrected chi connectivity index (χ0v) is 14.8. The first kappa shape index (κ1) is 15.2. The molecule has 0 heterocycles. The number of aryl methyl sites for hydroxylation is 2. The first-order valence-electron chi connectivity index (χ1n) is 9.12. The minimum atomic E-state index is 0.913. The zero-order chi connectivity index (χ0) is 17.5. The van der Waals surface area contributed by atoms with Crippen molar-refractivity contribution in [3.05, 3.63) is 90.0 Å². The summed E-state index contributed by atoms with van der Waals surface area (Å²) in [5.74, 6) is 0.913. The number of methoxy groups -OCH3 is 1. The van der Waals surface area contributed by atoms with Gasteiger partial charge in [0.25, 0.3) is 0 Å². The molecule has 0 aliphatic heterocycles. The van der Waals surface area contributed by atoms with Crippen LogP contribution in [0.15, 0.2) is 78.9 Å². The lowest BCUT2D eigenvalue weighted by Gasteiger charge is -2.14. The molecule has 0 aromatic heterocycles. The molecule has 0 N–H and O–H groups in total. The maximum atomic E-state index is 5.25. The normalized spacial score (nSPS) is 11.6. The standard InChI is InChI=1S/C25H20O/c1-26-22-14-6-17(7-15-22)5-8-18-9-10-21-12-11-19-3-2-4-20-13-16-23(18)25(21)24(19)20/h2-4,6-7,9-16H,5,8H2,1H3. The average Bonchev–Trinajstić information content (AvgIpc) is 2.71. The van der Waals surface area contributed by atoms with Gasteiger partial charge in [-0.2, -0.15) is 0 Å². The van der Waals surface area contributed by atoms with Crippen LogP contribution in [0.4, 0.5) is 0 Å². The van der Waals surface area contributed by atoms with Crippen molar-refractivity contribution in [1.82, 2.24) is 0 Å². The lowest BCUT2D eigenvalue weighted by molar-refractivity contribution is 0.414. The molecule has 0 bridgehead atoms. The fraction of sp³-hybridized carbons (Fsp3) is 0.120. The van der Waals surface area contributed by atoms with Crippen LogP contribution in [0, 0.1) is 0 Å². The van der Waals surface area contributed by atoms with Gasteiger partial charge in [-0.15, -0.1) is 0 Å². The molecule has 0 atom stereocenters. The first-order valence-corrected chi connectivity index (χ1v) is 9.12. The summed E-state index contributed by atoms with van der Waals surface area (Å²) >= 11 is 0. The van der Waals surface area contributed by atoms with Crippen LogP contribution in [0.5, 0.6) is 5.75 Å². The molecule has 5 rings (SSSR count). The molecule has 126 valence electrons. The van der Waals surface area contributed by atoms with E-state index in [4.69, 9.17) is 4.74 Å². The van der Waals surface area contributed by atoms with Crippen LogP contribution < -0.4 is 4.74 Å². The fourth-order valence-electron chi connectivity index (χ4n) is 4.08. The molecule has 5 aromatic rings. The van der Waals surface area contributed by atoms with Crippen molar-refractivity contribution < 1.29 is 4.74 Å². The SMILES string of the molecule is COc1ccc(CCc2ccc3ccc4cccc5ccc2c3c45)cc1. The molecule has 0 fully saturated rings. The Balaban J connectivity index is 1.59. The lowest BCUT2D eigenvalue weighted by atomic mass is 9.90. The van der Waals surface area contributed by atoms with E-state index in [0.717, 1.165) is 18.6 Å². The summed E-state index contributed by atoms with van der Waals surface area (Å²) in [6.45, 7) is 0. The van der Waals surface area contributed by atoms with Crippen molar-refractivity contribution in [3.8, 4) is 5.75 Å². The second kappa shape index (κ2) is 6.03. The Kier molecular flexibility index (Phi) is 3.53. The third kappa shape index (κ3) is 2.40. The molecule has 0 unspecified atom stereocenters. The van der Waals surface area contributed by atoms with Crippen LogP contribution in [0.1, 0.15) is 11.1 Å². The highest BCUT2D eigenvalue weighted by molar-refractivity contribution is 6.23. The van der Waals surface area contributed by atoms with E-state index in [1.807, 2.05) is 12.1 Å². The van der Waals surface area contributed by atoms with Crippen LogP contribution in [0.25, 0.3) is 32.3 Å². The zero-order valence-electron chi connectivity index (χ0n) is 14.8. The van der Waals surface area contributed by atoms with Crippen molar-refractivity contribution in [2.45, 2.75) is 12.8 Å². The average molecular weight is 336 g/mol. The molecular weight excluding hydrogens is 316 g/mol. The monoisotopic (exact) mass is 336 g/mol. The number of ether oxygens (including phenoxy) is 1. The highest BCUT2D eigenvalue weighted by atomic mass is 16.5. The van der Waals surface area contributed by atoms with Crippen molar-refractivity contribution in [1.29, 1.82) is 0 Å². The Bertz CT molecular complexity index is 1190. The molecule has 0 aliphatic carbocycles. The van der Waals surface area contributed by atoms with Crippen LogP contribution in [0.3, 0.4) is 0 Å². The summed E-state index contributed by atoms with van der Waals surface area (Å²) in [6, 6.07) is 28.6. The number of hydrogen-bond donors (Lipinski definition) is 0. The quantitative estimate of drug-likeness (QED) is 0.346. The third-order valence-electron chi connectivity index (χ3n) is 5.46. The first-order chi connectivity index (χ1) is 12.8. The van der Waals surface area contributed by atoms with Crippen molar-refractivity contribution in [2.75, 3.05) is 7.11 Å². The second-order valence-electron chi connectivity index (χ2n) is 6.93. The van der Waals surface area contributed by atoms with Gasteiger partial charge in [0.2, 0.25) is 0 Å². The van der Waals surface area contributed by atoms with E-state index >= 15 is 0 Å². The number of hydrogen-bond acceptors (Lipinski definition) is 1. The molecule has 0 amide bonds. The summed E-state index contributed by atoms with van der Waals surface area (Å²) in [5.41, 5.74) is 2.77.